The number of aromatic hydroxyl groups is 1. The van der Waals surface area contributed by atoms with Crippen molar-refractivity contribution in [3.8, 4) is 5.75 Å². The van der Waals surface area contributed by atoms with E-state index in [0.29, 0.717) is 5.75 Å². The van der Waals surface area contributed by atoms with Gasteiger partial charge in [0, 0.05) is 37.8 Å². The summed E-state index contributed by atoms with van der Waals surface area (Å²) in [6, 6.07) is 6.06. The zero-order valence-corrected chi connectivity index (χ0v) is 15.4. The van der Waals surface area contributed by atoms with Crippen molar-refractivity contribution in [3.63, 3.8) is 0 Å². The predicted octanol–water partition coefficient (Wildman–Crippen LogP) is 3.91. The maximum Gasteiger partial charge on any atom is 0.134 e. The summed E-state index contributed by atoms with van der Waals surface area (Å²) in [5, 5.41) is 13.7. The first kappa shape index (κ1) is 20.7. The highest BCUT2D eigenvalue weighted by Gasteiger charge is 2.24. The first-order valence-electron chi connectivity index (χ1n) is 6.66. The first-order chi connectivity index (χ1) is 9.09. The number of halogens is 3. The second-order valence-electron chi connectivity index (χ2n) is 5.14. The molecule has 0 radical (unpaired) electrons. The average molecular weight is 398 g/mol. The molecule has 21 heavy (non-hydrogen) atoms. The van der Waals surface area contributed by atoms with Gasteiger partial charge in [-0.3, -0.25) is 4.90 Å². The number of piperazine rings is 1. The lowest BCUT2D eigenvalue weighted by Gasteiger charge is -2.35. The fourth-order valence-corrected chi connectivity index (χ4v) is 2.94. The molecular formula is C15H23BrCl2N2O. The Morgan fingerprint density at radius 2 is 2.00 bits per heavy atom. The van der Waals surface area contributed by atoms with E-state index >= 15 is 0 Å². The lowest BCUT2D eigenvalue weighted by molar-refractivity contribution is 0.170. The quantitative estimate of drug-likeness (QED) is 0.756. The molecule has 1 heterocycles. The van der Waals surface area contributed by atoms with Gasteiger partial charge >= 0.3 is 0 Å². The summed E-state index contributed by atoms with van der Waals surface area (Å²) in [4.78, 5) is 2.42. The summed E-state index contributed by atoms with van der Waals surface area (Å²) < 4.78 is 0.756. The van der Waals surface area contributed by atoms with E-state index in [4.69, 9.17) is 0 Å². The Labute approximate surface area is 147 Å². The average Bonchev–Trinajstić information content (AvgIpc) is 2.40. The van der Waals surface area contributed by atoms with Crippen molar-refractivity contribution in [2.24, 2.45) is 0 Å². The van der Waals surface area contributed by atoms with Gasteiger partial charge in [0.25, 0.3) is 0 Å². The van der Waals surface area contributed by atoms with Crippen LogP contribution in [0.15, 0.2) is 34.8 Å². The maximum absolute atomic E-state index is 10.3. The monoisotopic (exact) mass is 396 g/mol. The van der Waals surface area contributed by atoms with Crippen molar-refractivity contribution in [3.05, 3.63) is 40.4 Å². The van der Waals surface area contributed by atoms with Crippen LogP contribution in [0.25, 0.3) is 0 Å². The molecule has 1 fully saturated rings. The minimum absolute atomic E-state index is 0. The Hall–Kier alpha value is -0.260. The standard InChI is InChI=1S/C15H21BrN2O.2ClH/c1-11(2)10-14(18-8-6-17-7-9-18)12-4-3-5-13(16)15(12)19;;/h3-5,14,17,19H,1,6-10H2,2H3;2*1H/t14-;;/m0../s1. The van der Waals surface area contributed by atoms with Crippen LogP contribution < -0.4 is 5.32 Å². The molecule has 0 spiro atoms. The molecule has 2 N–H and O–H groups in total. The molecular weight excluding hydrogens is 375 g/mol. The molecule has 0 unspecified atom stereocenters. The van der Waals surface area contributed by atoms with Crippen molar-refractivity contribution < 1.29 is 5.11 Å². The van der Waals surface area contributed by atoms with Gasteiger partial charge in [-0.2, -0.15) is 0 Å². The Bertz CT molecular complexity index is 465. The predicted molar refractivity (Wildman–Crippen MR) is 96.9 cm³/mol. The van der Waals surface area contributed by atoms with Gasteiger partial charge in [-0.1, -0.05) is 17.7 Å². The maximum atomic E-state index is 10.3. The van der Waals surface area contributed by atoms with Gasteiger partial charge in [-0.25, -0.2) is 0 Å². The second kappa shape index (κ2) is 9.70. The number of para-hydroxylation sites is 1. The van der Waals surface area contributed by atoms with Crippen LogP contribution in [0, 0.1) is 0 Å². The summed E-state index contributed by atoms with van der Waals surface area (Å²) in [5.41, 5.74) is 2.13. The molecule has 3 nitrogen and oxygen atoms in total. The molecule has 0 aromatic heterocycles. The minimum Gasteiger partial charge on any atom is -0.506 e. The fourth-order valence-electron chi connectivity index (χ4n) is 2.56. The third kappa shape index (κ3) is 5.46. The van der Waals surface area contributed by atoms with Crippen LogP contribution >= 0.6 is 40.7 Å². The van der Waals surface area contributed by atoms with Crippen molar-refractivity contribution in [1.82, 2.24) is 10.2 Å². The summed E-state index contributed by atoms with van der Waals surface area (Å²) in [6.07, 6.45) is 0.879. The number of nitrogens with one attached hydrogen (secondary N) is 1. The third-order valence-corrected chi connectivity index (χ3v) is 4.15. The van der Waals surface area contributed by atoms with Crippen molar-refractivity contribution in [1.29, 1.82) is 0 Å². The Morgan fingerprint density at radius 3 is 2.57 bits per heavy atom. The van der Waals surface area contributed by atoms with Crippen molar-refractivity contribution >= 4 is 40.7 Å². The van der Waals surface area contributed by atoms with E-state index in [0.717, 1.165) is 48.2 Å². The van der Waals surface area contributed by atoms with Gasteiger partial charge < -0.3 is 10.4 Å². The zero-order valence-electron chi connectivity index (χ0n) is 12.1. The van der Waals surface area contributed by atoms with Crippen LogP contribution in [0.3, 0.4) is 0 Å². The summed E-state index contributed by atoms with van der Waals surface area (Å²) in [6.45, 7) is 10.1. The van der Waals surface area contributed by atoms with E-state index in [-0.39, 0.29) is 30.9 Å². The van der Waals surface area contributed by atoms with Crippen LogP contribution in [0.1, 0.15) is 24.9 Å². The van der Waals surface area contributed by atoms with E-state index in [1.54, 1.807) is 0 Å². The number of hydrogen-bond acceptors (Lipinski definition) is 3. The topological polar surface area (TPSA) is 35.5 Å². The van der Waals surface area contributed by atoms with Gasteiger partial charge in [-0.05, 0) is 35.3 Å². The SMILES string of the molecule is C=C(C)C[C@@H](c1cccc(Br)c1O)N1CCNCC1.Cl.Cl. The summed E-state index contributed by atoms with van der Waals surface area (Å²) in [7, 11) is 0. The molecule has 0 amide bonds. The molecule has 6 heteroatoms. The molecule has 1 atom stereocenters. The number of nitrogens with zero attached hydrogens (tertiary/aromatic N) is 1. The minimum atomic E-state index is 0. The number of hydrogen-bond donors (Lipinski definition) is 2. The lowest BCUT2D eigenvalue weighted by atomic mass is 9.97. The van der Waals surface area contributed by atoms with E-state index in [1.165, 1.54) is 0 Å². The van der Waals surface area contributed by atoms with E-state index in [9.17, 15) is 5.11 Å². The molecule has 1 aromatic rings. The van der Waals surface area contributed by atoms with Crippen molar-refractivity contribution in [2.75, 3.05) is 26.2 Å². The summed E-state index contributed by atoms with van der Waals surface area (Å²) in [5.74, 6) is 0.354. The van der Waals surface area contributed by atoms with Gasteiger partial charge in [0.1, 0.15) is 5.75 Å². The third-order valence-electron chi connectivity index (χ3n) is 3.51. The molecule has 0 aliphatic carbocycles. The van der Waals surface area contributed by atoms with Crippen LogP contribution in [0.4, 0.5) is 0 Å². The van der Waals surface area contributed by atoms with Gasteiger partial charge in [0.05, 0.1) is 4.47 Å². The number of phenols is 1. The summed E-state index contributed by atoms with van der Waals surface area (Å²) >= 11 is 3.40. The number of benzene rings is 1. The first-order valence-corrected chi connectivity index (χ1v) is 7.45. The molecule has 2 rings (SSSR count). The van der Waals surface area contributed by atoms with E-state index in [2.05, 4.69) is 32.7 Å². The van der Waals surface area contributed by atoms with Crippen LogP contribution in [-0.4, -0.2) is 36.2 Å². The van der Waals surface area contributed by atoms with Gasteiger partial charge in [0.2, 0.25) is 0 Å². The molecule has 1 aliphatic heterocycles. The van der Waals surface area contributed by atoms with Crippen LogP contribution in [-0.2, 0) is 0 Å². The number of rotatable bonds is 4. The molecule has 1 aliphatic rings. The van der Waals surface area contributed by atoms with Crippen LogP contribution in [0.2, 0.25) is 0 Å². The smallest absolute Gasteiger partial charge is 0.134 e. The highest BCUT2D eigenvalue weighted by atomic mass is 79.9. The Morgan fingerprint density at radius 1 is 1.38 bits per heavy atom. The fraction of sp³-hybridized carbons (Fsp3) is 0.467. The highest BCUT2D eigenvalue weighted by Crippen LogP contribution is 2.37. The van der Waals surface area contributed by atoms with E-state index < -0.39 is 0 Å². The van der Waals surface area contributed by atoms with Gasteiger partial charge in [0.15, 0.2) is 0 Å². The van der Waals surface area contributed by atoms with Gasteiger partial charge in [-0.15, -0.1) is 31.4 Å². The lowest BCUT2D eigenvalue weighted by Crippen LogP contribution is -2.45. The Balaban J connectivity index is 0.00000200. The van der Waals surface area contributed by atoms with E-state index in [1.807, 2.05) is 25.1 Å². The largest absolute Gasteiger partial charge is 0.506 e. The highest BCUT2D eigenvalue weighted by molar-refractivity contribution is 9.10. The zero-order chi connectivity index (χ0) is 13.8. The number of phenolic OH excluding ortho intramolecular Hbond substituents is 1. The van der Waals surface area contributed by atoms with Crippen LogP contribution in [0.5, 0.6) is 5.75 Å². The normalized spacial score (nSPS) is 16.5. The molecule has 1 saturated heterocycles. The van der Waals surface area contributed by atoms with Crippen molar-refractivity contribution in [2.45, 2.75) is 19.4 Å². The Kier molecular flexibility index (Phi) is 9.58. The molecule has 0 bridgehead atoms. The second-order valence-corrected chi connectivity index (χ2v) is 6.00. The molecule has 1 aromatic carbocycles. The molecule has 0 saturated carbocycles. The molecule has 120 valence electrons.